The van der Waals surface area contributed by atoms with Crippen LogP contribution in [0.2, 0.25) is 5.15 Å². The molecule has 0 radical (unpaired) electrons. The van der Waals surface area contributed by atoms with E-state index in [2.05, 4.69) is 18.1 Å². The van der Waals surface area contributed by atoms with Crippen molar-refractivity contribution in [2.45, 2.75) is 0 Å². The van der Waals surface area contributed by atoms with Crippen LogP contribution in [0.5, 0.6) is 0 Å². The summed E-state index contributed by atoms with van der Waals surface area (Å²) in [5.74, 6) is -3.06. The highest BCUT2D eigenvalue weighted by molar-refractivity contribution is 6.33. The van der Waals surface area contributed by atoms with Gasteiger partial charge in [-0.1, -0.05) is 36.4 Å². The lowest BCUT2D eigenvalue weighted by molar-refractivity contribution is 0.545. The molecule has 24 heavy (non-hydrogen) atoms. The van der Waals surface area contributed by atoms with Gasteiger partial charge in [-0.2, -0.15) is 0 Å². The predicted molar refractivity (Wildman–Crippen MR) is 89.8 cm³/mol. The normalized spacial score (nSPS) is 13.6. The fraction of sp³-hybridized carbons (Fsp3) is 0. The Kier molecular flexibility index (Phi) is 4.15. The highest BCUT2D eigenvalue weighted by Crippen LogP contribution is 2.43. The van der Waals surface area contributed by atoms with Gasteiger partial charge in [0.2, 0.25) is 0 Å². The van der Waals surface area contributed by atoms with Gasteiger partial charge in [0.25, 0.3) is 0 Å². The molecule has 0 amide bonds. The van der Waals surface area contributed by atoms with E-state index in [1.807, 2.05) is 0 Å². The SMILES string of the molecule is C=C(Cl)C1=CN(c2c(F)cc(F)cc2F)c2nc(Cl)ccc2C1=C. The maximum Gasteiger partial charge on any atom is 0.153 e. The van der Waals surface area contributed by atoms with Gasteiger partial charge in [-0.25, -0.2) is 18.2 Å². The van der Waals surface area contributed by atoms with E-state index in [1.54, 1.807) is 6.07 Å². The second-order valence-electron chi connectivity index (χ2n) is 5.02. The molecule has 0 saturated heterocycles. The number of benzene rings is 1. The number of pyridine rings is 1. The summed E-state index contributed by atoms with van der Waals surface area (Å²) in [6, 6.07) is 4.28. The molecule has 0 spiro atoms. The standard InChI is InChI=1S/C17H9Cl2F3N2/c1-8-11-3-4-15(19)23-17(11)24(7-12(8)9(2)18)16-13(21)5-10(20)6-14(16)22/h3-7H,1-2H2. The molecule has 2 nitrogen and oxygen atoms in total. The molecule has 1 aliphatic rings. The number of hydrogen-bond donors (Lipinski definition) is 0. The van der Waals surface area contributed by atoms with Crippen LogP contribution in [0.15, 0.2) is 54.2 Å². The van der Waals surface area contributed by atoms with Crippen LogP contribution in [0.1, 0.15) is 5.56 Å². The van der Waals surface area contributed by atoms with Gasteiger partial charge in [0.15, 0.2) is 11.6 Å². The summed E-state index contributed by atoms with van der Waals surface area (Å²) < 4.78 is 41.7. The van der Waals surface area contributed by atoms with Crippen LogP contribution in [-0.4, -0.2) is 4.98 Å². The minimum Gasteiger partial charge on any atom is -0.295 e. The Morgan fingerprint density at radius 1 is 1.12 bits per heavy atom. The van der Waals surface area contributed by atoms with Gasteiger partial charge in [0.05, 0.1) is 0 Å². The van der Waals surface area contributed by atoms with Crippen molar-refractivity contribution in [2.24, 2.45) is 0 Å². The number of halogens is 5. The van der Waals surface area contributed by atoms with Gasteiger partial charge in [-0.15, -0.1) is 0 Å². The van der Waals surface area contributed by atoms with Crippen molar-refractivity contribution in [1.82, 2.24) is 4.98 Å². The first-order valence-electron chi connectivity index (χ1n) is 6.66. The summed E-state index contributed by atoms with van der Waals surface area (Å²) in [6.45, 7) is 7.53. The van der Waals surface area contributed by atoms with Gasteiger partial charge in [-0.05, 0) is 17.7 Å². The van der Waals surface area contributed by atoms with Crippen LogP contribution in [0, 0.1) is 17.5 Å². The summed E-state index contributed by atoms with van der Waals surface area (Å²) in [5.41, 5.74) is 0.821. The lowest BCUT2D eigenvalue weighted by atomic mass is 9.96. The maximum atomic E-state index is 14.2. The van der Waals surface area contributed by atoms with Crippen molar-refractivity contribution in [1.29, 1.82) is 0 Å². The summed E-state index contributed by atoms with van der Waals surface area (Å²) in [6.07, 6.45) is 1.34. The molecule has 7 heteroatoms. The third kappa shape index (κ3) is 2.70. The van der Waals surface area contributed by atoms with Crippen molar-refractivity contribution in [3.8, 4) is 0 Å². The van der Waals surface area contributed by atoms with Crippen molar-refractivity contribution >= 4 is 40.3 Å². The van der Waals surface area contributed by atoms with Crippen molar-refractivity contribution in [3.63, 3.8) is 0 Å². The van der Waals surface area contributed by atoms with Crippen LogP contribution < -0.4 is 4.90 Å². The van der Waals surface area contributed by atoms with E-state index in [4.69, 9.17) is 23.2 Å². The van der Waals surface area contributed by atoms with Gasteiger partial charge in [0.1, 0.15) is 22.5 Å². The molecular formula is C17H9Cl2F3N2. The zero-order valence-corrected chi connectivity index (χ0v) is 13.6. The molecule has 122 valence electrons. The first-order valence-corrected chi connectivity index (χ1v) is 7.41. The Labute approximate surface area is 146 Å². The zero-order chi connectivity index (χ0) is 17.6. The molecule has 0 atom stereocenters. The van der Waals surface area contributed by atoms with E-state index in [1.165, 1.54) is 12.3 Å². The Morgan fingerprint density at radius 2 is 1.75 bits per heavy atom. The highest BCUT2D eigenvalue weighted by Gasteiger charge is 2.28. The predicted octanol–water partition coefficient (Wildman–Crippen LogP) is 5.95. The number of anilines is 2. The molecular weight excluding hydrogens is 360 g/mol. The molecule has 0 saturated carbocycles. The Hall–Kier alpha value is -2.24. The molecule has 0 unspecified atom stereocenters. The van der Waals surface area contributed by atoms with Crippen LogP contribution >= 0.6 is 23.2 Å². The Balaban J connectivity index is 2.32. The van der Waals surface area contributed by atoms with Crippen molar-refractivity contribution in [3.05, 3.63) is 82.4 Å². The molecule has 1 aromatic carbocycles. The number of allylic oxidation sites excluding steroid dienone is 3. The van der Waals surface area contributed by atoms with Crippen molar-refractivity contribution in [2.75, 3.05) is 4.90 Å². The van der Waals surface area contributed by atoms with E-state index < -0.39 is 23.1 Å². The van der Waals surface area contributed by atoms with Crippen LogP contribution in [0.3, 0.4) is 0 Å². The first kappa shape index (κ1) is 16.6. The second kappa shape index (κ2) is 6.00. The first-order chi connectivity index (χ1) is 11.3. The largest absolute Gasteiger partial charge is 0.295 e. The third-order valence-corrected chi connectivity index (χ3v) is 3.91. The topological polar surface area (TPSA) is 16.1 Å². The van der Waals surface area contributed by atoms with Gasteiger partial charge in [-0.3, -0.25) is 4.90 Å². The van der Waals surface area contributed by atoms with E-state index >= 15 is 0 Å². The molecule has 1 aromatic heterocycles. The van der Waals surface area contributed by atoms with E-state index in [-0.39, 0.29) is 16.0 Å². The maximum absolute atomic E-state index is 14.2. The fourth-order valence-corrected chi connectivity index (χ4v) is 2.73. The number of rotatable bonds is 2. The molecule has 2 aromatic rings. The minimum atomic E-state index is -1.09. The summed E-state index contributed by atoms with van der Waals surface area (Å²) in [4.78, 5) is 5.22. The molecule has 0 fully saturated rings. The number of aromatic nitrogens is 1. The number of nitrogens with zero attached hydrogens (tertiary/aromatic N) is 2. The van der Waals surface area contributed by atoms with E-state index in [9.17, 15) is 13.2 Å². The molecule has 1 aliphatic heterocycles. The second-order valence-corrected chi connectivity index (χ2v) is 5.86. The van der Waals surface area contributed by atoms with Gasteiger partial charge < -0.3 is 0 Å². The number of fused-ring (bicyclic) bond motifs is 1. The monoisotopic (exact) mass is 368 g/mol. The molecule has 3 rings (SSSR count). The Bertz CT molecular complexity index is 899. The minimum absolute atomic E-state index is 0.121. The van der Waals surface area contributed by atoms with Crippen molar-refractivity contribution < 1.29 is 13.2 Å². The molecule has 0 bridgehead atoms. The molecule has 0 N–H and O–H groups in total. The van der Waals surface area contributed by atoms with E-state index in [0.29, 0.717) is 28.8 Å². The zero-order valence-electron chi connectivity index (χ0n) is 12.1. The average Bonchev–Trinajstić information content (AvgIpc) is 2.48. The van der Waals surface area contributed by atoms with Crippen LogP contribution in [0.4, 0.5) is 24.7 Å². The quantitative estimate of drug-likeness (QED) is 0.608. The summed E-state index contributed by atoms with van der Waals surface area (Å²) in [5, 5.41) is 0.254. The third-order valence-electron chi connectivity index (χ3n) is 3.49. The van der Waals surface area contributed by atoms with Crippen LogP contribution in [0.25, 0.3) is 5.57 Å². The fourth-order valence-electron chi connectivity index (χ4n) is 2.43. The summed E-state index contributed by atoms with van der Waals surface area (Å²) >= 11 is 11.9. The van der Waals surface area contributed by atoms with E-state index in [0.717, 1.165) is 4.90 Å². The smallest absolute Gasteiger partial charge is 0.153 e. The summed E-state index contributed by atoms with van der Waals surface area (Å²) in [7, 11) is 0. The molecule has 2 heterocycles. The molecule has 0 aliphatic carbocycles. The van der Waals surface area contributed by atoms with Gasteiger partial charge >= 0.3 is 0 Å². The average molecular weight is 369 g/mol. The lowest BCUT2D eigenvalue weighted by Gasteiger charge is -2.30. The van der Waals surface area contributed by atoms with Crippen LogP contribution in [-0.2, 0) is 0 Å². The lowest BCUT2D eigenvalue weighted by Crippen LogP contribution is -2.20. The highest BCUT2D eigenvalue weighted by atomic mass is 35.5. The number of hydrogen-bond acceptors (Lipinski definition) is 2. The van der Waals surface area contributed by atoms with Gasteiger partial charge in [0, 0.05) is 34.5 Å². The Morgan fingerprint density at radius 3 is 2.33 bits per heavy atom.